The minimum absolute atomic E-state index is 0.303. The van der Waals surface area contributed by atoms with E-state index in [2.05, 4.69) is 6.58 Å². The fraction of sp³-hybridized carbons (Fsp3) is 0.636. The van der Waals surface area contributed by atoms with Crippen molar-refractivity contribution >= 4 is 0 Å². The van der Waals surface area contributed by atoms with Gasteiger partial charge in [0, 0.05) is 5.92 Å². The maximum absolute atomic E-state index is 9.70. The number of aliphatic hydroxyl groups is 1. The van der Waals surface area contributed by atoms with Gasteiger partial charge in [0.25, 0.3) is 0 Å². The van der Waals surface area contributed by atoms with Crippen molar-refractivity contribution in [3.63, 3.8) is 0 Å². The molecule has 1 heteroatoms. The fourth-order valence-corrected chi connectivity index (χ4v) is 1.85. The molecular formula is C11H18O. The Kier molecular flexibility index (Phi) is 3.54. The van der Waals surface area contributed by atoms with Crippen molar-refractivity contribution in [1.29, 1.82) is 0 Å². The summed E-state index contributed by atoms with van der Waals surface area (Å²) in [4.78, 5) is 0. The summed E-state index contributed by atoms with van der Waals surface area (Å²) in [6.45, 7) is 5.94. The standard InChI is InChI=1S/C11H18O/c1-3-6-11(12)10-8-5-4-7-9(10)2/h3,6,10-12H,2,4-5,7-8H2,1H3/b6-3+. The van der Waals surface area contributed by atoms with Gasteiger partial charge in [-0.05, 0) is 26.2 Å². The van der Waals surface area contributed by atoms with Crippen molar-refractivity contribution in [1.82, 2.24) is 0 Å². The van der Waals surface area contributed by atoms with Crippen LogP contribution in [0.3, 0.4) is 0 Å². The van der Waals surface area contributed by atoms with Gasteiger partial charge in [0.15, 0.2) is 0 Å². The highest BCUT2D eigenvalue weighted by Crippen LogP contribution is 2.30. The second-order valence-electron chi connectivity index (χ2n) is 3.53. The lowest BCUT2D eigenvalue weighted by Crippen LogP contribution is -2.22. The van der Waals surface area contributed by atoms with E-state index in [1.165, 1.54) is 18.4 Å². The van der Waals surface area contributed by atoms with Gasteiger partial charge in [-0.3, -0.25) is 0 Å². The van der Waals surface area contributed by atoms with Crippen LogP contribution in [0.4, 0.5) is 0 Å². The molecule has 2 atom stereocenters. The van der Waals surface area contributed by atoms with E-state index >= 15 is 0 Å². The Morgan fingerprint density at radius 1 is 1.58 bits per heavy atom. The molecule has 0 amide bonds. The molecule has 0 saturated heterocycles. The molecule has 0 bridgehead atoms. The van der Waals surface area contributed by atoms with Gasteiger partial charge in [-0.25, -0.2) is 0 Å². The molecule has 1 aliphatic carbocycles. The molecule has 1 fully saturated rings. The molecule has 0 spiro atoms. The number of hydrogen-bond donors (Lipinski definition) is 1. The fourth-order valence-electron chi connectivity index (χ4n) is 1.85. The van der Waals surface area contributed by atoms with E-state index in [0.717, 1.165) is 12.8 Å². The quantitative estimate of drug-likeness (QED) is 0.625. The first-order valence-corrected chi connectivity index (χ1v) is 4.74. The summed E-state index contributed by atoms with van der Waals surface area (Å²) in [5, 5.41) is 9.70. The summed E-state index contributed by atoms with van der Waals surface area (Å²) in [7, 11) is 0. The van der Waals surface area contributed by atoms with Gasteiger partial charge in [-0.1, -0.05) is 30.7 Å². The SMILES string of the molecule is C=C1CCCCC1C(O)/C=C/C. The minimum atomic E-state index is -0.303. The van der Waals surface area contributed by atoms with Gasteiger partial charge in [-0.2, -0.15) is 0 Å². The Balaban J connectivity index is 2.53. The Labute approximate surface area is 74.8 Å². The van der Waals surface area contributed by atoms with E-state index in [9.17, 15) is 5.11 Å². The first kappa shape index (κ1) is 9.53. The predicted octanol–water partition coefficient (Wildman–Crippen LogP) is 2.67. The van der Waals surface area contributed by atoms with Crippen molar-refractivity contribution in [2.24, 2.45) is 5.92 Å². The van der Waals surface area contributed by atoms with E-state index < -0.39 is 0 Å². The molecule has 1 saturated carbocycles. The number of aliphatic hydroxyl groups excluding tert-OH is 1. The van der Waals surface area contributed by atoms with Gasteiger partial charge < -0.3 is 5.11 Å². The molecule has 1 rings (SSSR count). The average molecular weight is 166 g/mol. The van der Waals surface area contributed by atoms with E-state index in [-0.39, 0.29) is 6.10 Å². The first-order valence-electron chi connectivity index (χ1n) is 4.74. The van der Waals surface area contributed by atoms with Crippen LogP contribution in [-0.2, 0) is 0 Å². The normalized spacial score (nSPS) is 27.8. The molecular weight excluding hydrogens is 148 g/mol. The largest absolute Gasteiger partial charge is 0.388 e. The Bertz CT molecular complexity index is 181. The molecule has 68 valence electrons. The Hall–Kier alpha value is -0.560. The van der Waals surface area contributed by atoms with Crippen LogP contribution >= 0.6 is 0 Å². The highest BCUT2D eigenvalue weighted by Gasteiger charge is 2.22. The maximum atomic E-state index is 9.70. The van der Waals surface area contributed by atoms with E-state index in [0.29, 0.717) is 5.92 Å². The van der Waals surface area contributed by atoms with Gasteiger partial charge in [0.2, 0.25) is 0 Å². The lowest BCUT2D eigenvalue weighted by Gasteiger charge is -2.27. The van der Waals surface area contributed by atoms with Crippen molar-refractivity contribution in [2.75, 3.05) is 0 Å². The highest BCUT2D eigenvalue weighted by atomic mass is 16.3. The van der Waals surface area contributed by atoms with Gasteiger partial charge in [-0.15, -0.1) is 0 Å². The molecule has 1 nitrogen and oxygen atoms in total. The summed E-state index contributed by atoms with van der Waals surface area (Å²) >= 11 is 0. The molecule has 2 unspecified atom stereocenters. The van der Waals surface area contributed by atoms with Crippen LogP contribution < -0.4 is 0 Å². The summed E-state index contributed by atoms with van der Waals surface area (Å²) in [5.74, 6) is 0.315. The molecule has 12 heavy (non-hydrogen) atoms. The zero-order valence-electron chi connectivity index (χ0n) is 7.79. The maximum Gasteiger partial charge on any atom is 0.0785 e. The third kappa shape index (κ3) is 2.21. The van der Waals surface area contributed by atoms with Gasteiger partial charge in [0.1, 0.15) is 0 Å². The number of rotatable bonds is 2. The lowest BCUT2D eigenvalue weighted by molar-refractivity contribution is 0.155. The molecule has 0 aromatic rings. The third-order valence-corrected chi connectivity index (χ3v) is 2.59. The Morgan fingerprint density at radius 3 is 2.92 bits per heavy atom. The van der Waals surface area contributed by atoms with Crippen molar-refractivity contribution < 1.29 is 5.11 Å². The first-order chi connectivity index (χ1) is 5.75. The van der Waals surface area contributed by atoms with Crippen molar-refractivity contribution in [3.8, 4) is 0 Å². The zero-order valence-corrected chi connectivity index (χ0v) is 7.79. The average Bonchev–Trinajstić information content (AvgIpc) is 2.05. The number of allylic oxidation sites excluding steroid dienone is 1. The summed E-state index contributed by atoms with van der Waals surface area (Å²) in [6.07, 6.45) is 8.15. The van der Waals surface area contributed by atoms with Gasteiger partial charge >= 0.3 is 0 Å². The molecule has 0 heterocycles. The summed E-state index contributed by atoms with van der Waals surface area (Å²) in [5.41, 5.74) is 1.23. The molecule has 0 aromatic carbocycles. The van der Waals surface area contributed by atoms with Crippen LogP contribution in [0.1, 0.15) is 32.6 Å². The second-order valence-corrected chi connectivity index (χ2v) is 3.53. The second kappa shape index (κ2) is 4.46. The van der Waals surface area contributed by atoms with Gasteiger partial charge in [0.05, 0.1) is 6.10 Å². The van der Waals surface area contributed by atoms with Crippen LogP contribution in [0.25, 0.3) is 0 Å². The molecule has 1 aliphatic rings. The van der Waals surface area contributed by atoms with E-state index in [4.69, 9.17) is 0 Å². The topological polar surface area (TPSA) is 20.2 Å². The smallest absolute Gasteiger partial charge is 0.0785 e. The van der Waals surface area contributed by atoms with Crippen molar-refractivity contribution in [3.05, 3.63) is 24.3 Å². The number of hydrogen-bond acceptors (Lipinski definition) is 1. The monoisotopic (exact) mass is 166 g/mol. The van der Waals surface area contributed by atoms with Crippen LogP contribution in [0.2, 0.25) is 0 Å². The van der Waals surface area contributed by atoms with Crippen LogP contribution in [-0.4, -0.2) is 11.2 Å². The van der Waals surface area contributed by atoms with Crippen LogP contribution in [0, 0.1) is 5.92 Å². The van der Waals surface area contributed by atoms with Crippen LogP contribution in [0.5, 0.6) is 0 Å². The summed E-state index contributed by atoms with van der Waals surface area (Å²) in [6, 6.07) is 0. The minimum Gasteiger partial charge on any atom is -0.388 e. The van der Waals surface area contributed by atoms with Crippen molar-refractivity contribution in [2.45, 2.75) is 38.7 Å². The molecule has 0 aromatic heterocycles. The Morgan fingerprint density at radius 2 is 2.33 bits per heavy atom. The zero-order chi connectivity index (χ0) is 8.97. The predicted molar refractivity (Wildman–Crippen MR) is 51.9 cm³/mol. The molecule has 0 aliphatic heterocycles. The lowest BCUT2D eigenvalue weighted by atomic mass is 9.81. The molecule has 1 N–H and O–H groups in total. The van der Waals surface area contributed by atoms with E-state index in [1.54, 1.807) is 0 Å². The summed E-state index contributed by atoms with van der Waals surface area (Å²) < 4.78 is 0. The van der Waals surface area contributed by atoms with Crippen LogP contribution in [0.15, 0.2) is 24.3 Å². The molecule has 0 radical (unpaired) electrons. The third-order valence-electron chi connectivity index (χ3n) is 2.59. The highest BCUT2D eigenvalue weighted by molar-refractivity contribution is 5.09. The van der Waals surface area contributed by atoms with E-state index in [1.807, 2.05) is 19.1 Å².